The Morgan fingerprint density at radius 2 is 2.29 bits per heavy atom. The Labute approximate surface area is 104 Å². The van der Waals surface area contributed by atoms with Crippen molar-refractivity contribution in [3.8, 4) is 0 Å². The van der Waals surface area contributed by atoms with Crippen LogP contribution in [-0.4, -0.2) is 50.8 Å². The SMILES string of the molecule is CN=C(NCC1(C)COC1)N1CCCC(C)C1. The molecule has 0 radical (unpaired) electrons. The third-order valence-corrected chi connectivity index (χ3v) is 3.74. The lowest BCUT2D eigenvalue weighted by molar-refractivity contribution is -0.0973. The van der Waals surface area contributed by atoms with Crippen molar-refractivity contribution in [3.63, 3.8) is 0 Å². The molecule has 2 rings (SSSR count). The first kappa shape index (κ1) is 12.7. The largest absolute Gasteiger partial charge is 0.380 e. The van der Waals surface area contributed by atoms with E-state index < -0.39 is 0 Å². The van der Waals surface area contributed by atoms with E-state index in [1.807, 2.05) is 7.05 Å². The molecule has 0 saturated carbocycles. The number of hydrogen-bond acceptors (Lipinski definition) is 2. The molecule has 0 aromatic rings. The Hall–Kier alpha value is -0.770. The fourth-order valence-corrected chi connectivity index (χ4v) is 2.56. The lowest BCUT2D eigenvalue weighted by atomic mass is 9.89. The van der Waals surface area contributed by atoms with Crippen molar-refractivity contribution >= 4 is 5.96 Å². The summed E-state index contributed by atoms with van der Waals surface area (Å²) in [6.07, 6.45) is 2.63. The van der Waals surface area contributed by atoms with Crippen LogP contribution in [-0.2, 0) is 4.74 Å². The highest BCUT2D eigenvalue weighted by atomic mass is 16.5. The van der Waals surface area contributed by atoms with Gasteiger partial charge in [-0.05, 0) is 18.8 Å². The minimum absolute atomic E-state index is 0.303. The summed E-state index contributed by atoms with van der Waals surface area (Å²) >= 11 is 0. The number of guanidine groups is 1. The third-order valence-electron chi connectivity index (χ3n) is 3.74. The topological polar surface area (TPSA) is 36.9 Å². The molecule has 2 fully saturated rings. The van der Waals surface area contributed by atoms with Gasteiger partial charge in [0.1, 0.15) is 0 Å². The van der Waals surface area contributed by atoms with Crippen molar-refractivity contribution in [1.29, 1.82) is 0 Å². The summed E-state index contributed by atoms with van der Waals surface area (Å²) in [5.74, 6) is 1.84. The molecule has 1 unspecified atom stereocenters. The zero-order valence-electron chi connectivity index (χ0n) is 11.3. The van der Waals surface area contributed by atoms with Crippen molar-refractivity contribution in [3.05, 3.63) is 0 Å². The molecule has 0 amide bonds. The lowest BCUT2D eigenvalue weighted by Crippen LogP contribution is -2.53. The van der Waals surface area contributed by atoms with Crippen LogP contribution >= 0.6 is 0 Å². The standard InChI is InChI=1S/C13H25N3O/c1-11-5-4-6-16(7-11)12(14-3)15-8-13(2)9-17-10-13/h11H,4-10H2,1-3H3,(H,14,15). The molecule has 0 aromatic carbocycles. The Balaban J connectivity index is 1.83. The van der Waals surface area contributed by atoms with Gasteiger partial charge >= 0.3 is 0 Å². The number of nitrogens with one attached hydrogen (secondary N) is 1. The van der Waals surface area contributed by atoms with E-state index in [0.717, 1.165) is 44.7 Å². The molecule has 17 heavy (non-hydrogen) atoms. The molecular weight excluding hydrogens is 214 g/mol. The Kier molecular flexibility index (Phi) is 3.92. The summed E-state index contributed by atoms with van der Waals surface area (Å²) in [5.41, 5.74) is 0.303. The molecule has 0 aliphatic carbocycles. The lowest BCUT2D eigenvalue weighted by Gasteiger charge is -2.40. The van der Waals surface area contributed by atoms with E-state index in [-0.39, 0.29) is 0 Å². The zero-order chi connectivity index (χ0) is 12.3. The van der Waals surface area contributed by atoms with Crippen molar-refractivity contribution in [2.24, 2.45) is 16.3 Å². The second-order valence-corrected chi connectivity index (χ2v) is 5.90. The fourth-order valence-electron chi connectivity index (χ4n) is 2.56. The van der Waals surface area contributed by atoms with E-state index in [1.165, 1.54) is 12.8 Å². The van der Waals surface area contributed by atoms with Crippen LogP contribution in [0.1, 0.15) is 26.7 Å². The van der Waals surface area contributed by atoms with Gasteiger partial charge in [0.2, 0.25) is 0 Å². The van der Waals surface area contributed by atoms with Gasteiger partial charge in [0, 0.05) is 32.1 Å². The average Bonchev–Trinajstić information content (AvgIpc) is 2.28. The van der Waals surface area contributed by atoms with Gasteiger partial charge in [-0.1, -0.05) is 13.8 Å². The van der Waals surface area contributed by atoms with E-state index in [2.05, 4.69) is 29.1 Å². The number of ether oxygens (including phenoxy) is 1. The number of likely N-dealkylation sites (tertiary alicyclic amines) is 1. The summed E-state index contributed by atoms with van der Waals surface area (Å²) in [5, 5.41) is 3.50. The zero-order valence-corrected chi connectivity index (χ0v) is 11.3. The average molecular weight is 239 g/mol. The van der Waals surface area contributed by atoms with Gasteiger partial charge in [-0.25, -0.2) is 0 Å². The summed E-state index contributed by atoms with van der Waals surface area (Å²) < 4.78 is 5.27. The van der Waals surface area contributed by atoms with Crippen molar-refractivity contribution in [1.82, 2.24) is 10.2 Å². The number of aliphatic imine (C=N–C) groups is 1. The maximum Gasteiger partial charge on any atom is 0.193 e. The fraction of sp³-hybridized carbons (Fsp3) is 0.923. The third kappa shape index (κ3) is 3.12. The summed E-state index contributed by atoms with van der Waals surface area (Å²) in [7, 11) is 1.88. The number of piperidine rings is 1. The molecule has 2 heterocycles. The van der Waals surface area contributed by atoms with E-state index >= 15 is 0 Å². The van der Waals surface area contributed by atoms with E-state index in [4.69, 9.17) is 4.74 Å². The summed E-state index contributed by atoms with van der Waals surface area (Å²) in [4.78, 5) is 6.78. The van der Waals surface area contributed by atoms with Crippen molar-refractivity contribution in [2.75, 3.05) is 39.9 Å². The number of rotatable bonds is 2. The van der Waals surface area contributed by atoms with Crippen LogP contribution < -0.4 is 5.32 Å². The van der Waals surface area contributed by atoms with Gasteiger partial charge in [0.25, 0.3) is 0 Å². The van der Waals surface area contributed by atoms with Crippen LogP contribution in [0.3, 0.4) is 0 Å². The molecule has 4 nitrogen and oxygen atoms in total. The molecule has 2 aliphatic rings. The highest BCUT2D eigenvalue weighted by Gasteiger charge is 2.33. The van der Waals surface area contributed by atoms with Crippen LogP contribution in [0.15, 0.2) is 4.99 Å². The van der Waals surface area contributed by atoms with Crippen LogP contribution in [0.5, 0.6) is 0 Å². The molecule has 2 aliphatic heterocycles. The molecule has 4 heteroatoms. The molecule has 0 bridgehead atoms. The van der Waals surface area contributed by atoms with Gasteiger partial charge < -0.3 is 15.0 Å². The normalized spacial score (nSPS) is 28.8. The predicted octanol–water partition coefficient (Wildman–Crippen LogP) is 1.33. The highest BCUT2D eigenvalue weighted by molar-refractivity contribution is 5.80. The molecule has 2 saturated heterocycles. The molecule has 1 atom stereocenters. The predicted molar refractivity (Wildman–Crippen MR) is 70.3 cm³/mol. The van der Waals surface area contributed by atoms with E-state index in [1.54, 1.807) is 0 Å². The smallest absolute Gasteiger partial charge is 0.193 e. The Morgan fingerprint density at radius 1 is 1.53 bits per heavy atom. The van der Waals surface area contributed by atoms with Gasteiger partial charge in [-0.3, -0.25) is 4.99 Å². The van der Waals surface area contributed by atoms with E-state index in [0.29, 0.717) is 5.41 Å². The second kappa shape index (κ2) is 5.25. The monoisotopic (exact) mass is 239 g/mol. The first-order valence-corrected chi connectivity index (χ1v) is 6.66. The molecule has 0 aromatic heterocycles. The first-order chi connectivity index (χ1) is 8.13. The van der Waals surface area contributed by atoms with Crippen LogP contribution in [0, 0.1) is 11.3 Å². The van der Waals surface area contributed by atoms with Gasteiger partial charge in [0.05, 0.1) is 13.2 Å². The minimum atomic E-state index is 0.303. The van der Waals surface area contributed by atoms with E-state index in [9.17, 15) is 0 Å². The highest BCUT2D eigenvalue weighted by Crippen LogP contribution is 2.25. The first-order valence-electron chi connectivity index (χ1n) is 6.66. The minimum Gasteiger partial charge on any atom is -0.380 e. The summed E-state index contributed by atoms with van der Waals surface area (Å²) in [6, 6.07) is 0. The Bertz CT molecular complexity index is 286. The van der Waals surface area contributed by atoms with Crippen molar-refractivity contribution < 1.29 is 4.74 Å². The Morgan fingerprint density at radius 3 is 2.82 bits per heavy atom. The second-order valence-electron chi connectivity index (χ2n) is 5.90. The van der Waals surface area contributed by atoms with Crippen LogP contribution in [0.2, 0.25) is 0 Å². The van der Waals surface area contributed by atoms with Crippen molar-refractivity contribution in [2.45, 2.75) is 26.7 Å². The molecule has 0 spiro atoms. The maximum atomic E-state index is 5.27. The maximum absolute atomic E-state index is 5.27. The number of hydrogen-bond donors (Lipinski definition) is 1. The number of nitrogens with zero attached hydrogens (tertiary/aromatic N) is 2. The molecular formula is C13H25N3O. The quantitative estimate of drug-likeness (QED) is 0.583. The molecule has 1 N–H and O–H groups in total. The van der Waals surface area contributed by atoms with Crippen LogP contribution in [0.25, 0.3) is 0 Å². The van der Waals surface area contributed by atoms with Gasteiger partial charge in [-0.2, -0.15) is 0 Å². The van der Waals surface area contributed by atoms with Gasteiger partial charge in [0.15, 0.2) is 5.96 Å². The molecule has 98 valence electrons. The van der Waals surface area contributed by atoms with Crippen LogP contribution in [0.4, 0.5) is 0 Å². The summed E-state index contributed by atoms with van der Waals surface area (Å²) in [6.45, 7) is 9.55. The van der Waals surface area contributed by atoms with Gasteiger partial charge in [-0.15, -0.1) is 0 Å².